The van der Waals surface area contributed by atoms with Gasteiger partial charge >= 0.3 is 5.97 Å². The van der Waals surface area contributed by atoms with E-state index < -0.39 is 12.1 Å². The number of aliphatic hydroxyl groups excluding tert-OH is 1. The highest BCUT2D eigenvalue weighted by Gasteiger charge is 2.25. The smallest absolute Gasteiger partial charge is 0.334 e. The van der Waals surface area contributed by atoms with E-state index in [4.69, 9.17) is 0 Å². The van der Waals surface area contributed by atoms with Crippen LogP contribution in [0.4, 0.5) is 0 Å². The maximum Gasteiger partial charge on any atom is 0.334 e. The second-order valence-corrected chi connectivity index (χ2v) is 4.57. The first-order valence-electron chi connectivity index (χ1n) is 5.93. The van der Waals surface area contributed by atoms with E-state index in [1.165, 1.54) is 26.4 Å². The Bertz CT molecular complexity index is 195. The van der Waals surface area contributed by atoms with E-state index in [2.05, 4.69) is 11.7 Å². The van der Waals surface area contributed by atoms with Crippen molar-refractivity contribution in [3.05, 3.63) is 0 Å². The molecule has 15 heavy (non-hydrogen) atoms. The average molecular weight is 214 g/mol. The molecular formula is C12H22O3. The van der Waals surface area contributed by atoms with Gasteiger partial charge in [0, 0.05) is 0 Å². The number of rotatable bonds is 4. The first-order valence-corrected chi connectivity index (χ1v) is 5.93. The molecule has 0 amide bonds. The summed E-state index contributed by atoms with van der Waals surface area (Å²) in [7, 11) is 1.32. The molecule has 1 aliphatic carbocycles. The van der Waals surface area contributed by atoms with Crippen LogP contribution in [-0.4, -0.2) is 24.3 Å². The van der Waals surface area contributed by atoms with Crippen molar-refractivity contribution in [2.45, 2.75) is 51.6 Å². The molecular weight excluding hydrogens is 192 g/mol. The van der Waals surface area contributed by atoms with Gasteiger partial charge in [0.1, 0.15) is 0 Å². The SMILES string of the molecule is CCC1CCC(CC(O)C(=O)OC)CC1. The third-order valence-electron chi connectivity index (χ3n) is 3.57. The molecule has 0 bridgehead atoms. The van der Waals surface area contributed by atoms with Crippen molar-refractivity contribution in [1.29, 1.82) is 0 Å². The average Bonchev–Trinajstić information content (AvgIpc) is 2.29. The van der Waals surface area contributed by atoms with Crippen LogP contribution in [0.3, 0.4) is 0 Å². The molecule has 0 aromatic heterocycles. The molecule has 3 heteroatoms. The normalized spacial score (nSPS) is 28.5. The second-order valence-electron chi connectivity index (χ2n) is 4.57. The van der Waals surface area contributed by atoms with Gasteiger partial charge in [0.15, 0.2) is 6.10 Å². The van der Waals surface area contributed by atoms with Crippen molar-refractivity contribution in [3.8, 4) is 0 Å². The van der Waals surface area contributed by atoms with Crippen LogP contribution < -0.4 is 0 Å². The third-order valence-corrected chi connectivity index (χ3v) is 3.57. The molecule has 1 atom stereocenters. The Labute approximate surface area is 91.8 Å². The van der Waals surface area contributed by atoms with Gasteiger partial charge in [0.25, 0.3) is 0 Å². The molecule has 3 nitrogen and oxygen atoms in total. The van der Waals surface area contributed by atoms with Gasteiger partial charge in [-0.1, -0.05) is 39.0 Å². The minimum Gasteiger partial charge on any atom is -0.467 e. The highest BCUT2D eigenvalue weighted by molar-refractivity contribution is 5.74. The van der Waals surface area contributed by atoms with Crippen LogP contribution in [-0.2, 0) is 9.53 Å². The van der Waals surface area contributed by atoms with Gasteiger partial charge in [0.05, 0.1) is 7.11 Å². The molecule has 0 aromatic carbocycles. The summed E-state index contributed by atoms with van der Waals surface area (Å²) in [5.41, 5.74) is 0. The summed E-state index contributed by atoms with van der Waals surface area (Å²) in [6, 6.07) is 0. The molecule has 0 heterocycles. The summed E-state index contributed by atoms with van der Waals surface area (Å²) in [6.45, 7) is 2.23. The van der Waals surface area contributed by atoms with Crippen molar-refractivity contribution in [3.63, 3.8) is 0 Å². The predicted molar refractivity (Wildman–Crippen MR) is 58.4 cm³/mol. The van der Waals surface area contributed by atoms with Crippen molar-refractivity contribution >= 4 is 5.97 Å². The van der Waals surface area contributed by atoms with Crippen molar-refractivity contribution in [2.24, 2.45) is 11.8 Å². The standard InChI is InChI=1S/C12H22O3/c1-3-9-4-6-10(7-5-9)8-11(13)12(14)15-2/h9-11,13H,3-8H2,1-2H3. The summed E-state index contributed by atoms with van der Waals surface area (Å²) < 4.78 is 4.51. The topological polar surface area (TPSA) is 46.5 Å². The lowest BCUT2D eigenvalue weighted by Gasteiger charge is -2.28. The Morgan fingerprint density at radius 3 is 2.33 bits per heavy atom. The minimum absolute atomic E-state index is 0.493. The molecule has 1 rings (SSSR count). The third kappa shape index (κ3) is 3.82. The fourth-order valence-corrected chi connectivity index (χ4v) is 2.42. The molecule has 1 N–H and O–H groups in total. The molecule has 88 valence electrons. The fraction of sp³-hybridized carbons (Fsp3) is 0.917. The first-order chi connectivity index (χ1) is 7.17. The number of hydrogen-bond acceptors (Lipinski definition) is 3. The largest absolute Gasteiger partial charge is 0.467 e. The Morgan fingerprint density at radius 1 is 1.33 bits per heavy atom. The molecule has 0 saturated heterocycles. The maximum absolute atomic E-state index is 11.0. The number of methoxy groups -OCH3 is 1. The Hall–Kier alpha value is -0.570. The number of carbonyl (C=O) groups is 1. The van der Waals surface area contributed by atoms with Gasteiger partial charge in [0.2, 0.25) is 0 Å². The van der Waals surface area contributed by atoms with Crippen LogP contribution in [0.5, 0.6) is 0 Å². The monoisotopic (exact) mass is 214 g/mol. The van der Waals surface area contributed by atoms with Crippen LogP contribution in [0, 0.1) is 11.8 Å². The van der Waals surface area contributed by atoms with Crippen LogP contribution in [0.1, 0.15) is 45.4 Å². The molecule has 1 aliphatic rings. The number of ether oxygens (including phenoxy) is 1. The summed E-state index contributed by atoms with van der Waals surface area (Å²) >= 11 is 0. The van der Waals surface area contributed by atoms with Crippen LogP contribution in [0.15, 0.2) is 0 Å². The Morgan fingerprint density at radius 2 is 1.87 bits per heavy atom. The van der Waals surface area contributed by atoms with E-state index >= 15 is 0 Å². The van der Waals surface area contributed by atoms with Gasteiger partial charge in [-0.15, -0.1) is 0 Å². The zero-order chi connectivity index (χ0) is 11.3. The van der Waals surface area contributed by atoms with Crippen LogP contribution in [0.25, 0.3) is 0 Å². The fourth-order valence-electron chi connectivity index (χ4n) is 2.42. The van der Waals surface area contributed by atoms with Gasteiger partial charge in [-0.2, -0.15) is 0 Å². The zero-order valence-electron chi connectivity index (χ0n) is 9.74. The molecule has 1 unspecified atom stereocenters. The second kappa shape index (κ2) is 6.11. The Balaban J connectivity index is 2.26. The van der Waals surface area contributed by atoms with E-state index in [1.54, 1.807) is 0 Å². The summed E-state index contributed by atoms with van der Waals surface area (Å²) in [6.07, 6.45) is 5.69. The highest BCUT2D eigenvalue weighted by Crippen LogP contribution is 2.33. The minimum atomic E-state index is -0.918. The van der Waals surface area contributed by atoms with E-state index in [0.717, 1.165) is 18.8 Å². The van der Waals surface area contributed by atoms with Gasteiger partial charge in [-0.05, 0) is 18.3 Å². The number of esters is 1. The van der Waals surface area contributed by atoms with Crippen LogP contribution in [0.2, 0.25) is 0 Å². The maximum atomic E-state index is 11.0. The van der Waals surface area contributed by atoms with Gasteiger partial charge < -0.3 is 9.84 Å². The lowest BCUT2D eigenvalue weighted by Crippen LogP contribution is -2.26. The van der Waals surface area contributed by atoms with E-state index in [-0.39, 0.29) is 0 Å². The van der Waals surface area contributed by atoms with Crippen molar-refractivity contribution in [1.82, 2.24) is 0 Å². The van der Waals surface area contributed by atoms with Crippen molar-refractivity contribution in [2.75, 3.05) is 7.11 Å². The van der Waals surface area contributed by atoms with Crippen LogP contribution >= 0.6 is 0 Å². The lowest BCUT2D eigenvalue weighted by atomic mass is 9.78. The zero-order valence-corrected chi connectivity index (χ0v) is 9.74. The lowest BCUT2D eigenvalue weighted by molar-refractivity contribution is -0.151. The quantitative estimate of drug-likeness (QED) is 0.729. The number of carbonyl (C=O) groups excluding carboxylic acids is 1. The van der Waals surface area contributed by atoms with Gasteiger partial charge in [-0.25, -0.2) is 4.79 Å². The molecule has 0 spiro atoms. The molecule has 0 aliphatic heterocycles. The van der Waals surface area contributed by atoms with E-state index in [9.17, 15) is 9.90 Å². The molecule has 1 fully saturated rings. The molecule has 0 radical (unpaired) electrons. The number of aliphatic hydroxyl groups is 1. The predicted octanol–water partition coefficient (Wildman–Crippen LogP) is 2.13. The summed E-state index contributed by atoms with van der Waals surface area (Å²) in [4.78, 5) is 11.0. The first kappa shape index (κ1) is 12.5. The van der Waals surface area contributed by atoms with E-state index in [1.807, 2.05) is 0 Å². The van der Waals surface area contributed by atoms with E-state index in [0.29, 0.717) is 12.3 Å². The number of hydrogen-bond donors (Lipinski definition) is 1. The summed E-state index contributed by atoms with van der Waals surface area (Å²) in [5.74, 6) is 0.867. The molecule has 1 saturated carbocycles. The molecule has 0 aromatic rings. The van der Waals surface area contributed by atoms with Gasteiger partial charge in [-0.3, -0.25) is 0 Å². The Kier molecular flexibility index (Phi) is 5.09. The highest BCUT2D eigenvalue weighted by atomic mass is 16.5. The van der Waals surface area contributed by atoms with Crippen molar-refractivity contribution < 1.29 is 14.6 Å². The summed E-state index contributed by atoms with van der Waals surface area (Å²) in [5, 5.41) is 9.52.